The van der Waals surface area contributed by atoms with Gasteiger partial charge >= 0.3 is 0 Å². The largest absolute Gasteiger partial charge is 0.350 e. The molecule has 24 heavy (non-hydrogen) atoms. The molecule has 1 fully saturated rings. The average Bonchev–Trinajstić information content (AvgIpc) is 3.28. The highest BCUT2D eigenvalue weighted by Gasteiger charge is 2.22. The van der Waals surface area contributed by atoms with Gasteiger partial charge < -0.3 is 9.80 Å². The van der Waals surface area contributed by atoms with Gasteiger partial charge in [0, 0.05) is 38.6 Å². The van der Waals surface area contributed by atoms with Gasteiger partial charge in [-0.3, -0.25) is 4.40 Å². The van der Waals surface area contributed by atoms with E-state index in [1.165, 1.54) is 4.70 Å². The first-order valence-corrected chi connectivity index (χ1v) is 8.70. The molecule has 120 valence electrons. The minimum absolute atomic E-state index is 0.811. The van der Waals surface area contributed by atoms with Gasteiger partial charge in [0.25, 0.3) is 0 Å². The molecule has 8 heteroatoms. The normalized spacial score (nSPS) is 15.5. The number of thiazole rings is 1. The molecular formula is C16H15N7S. The van der Waals surface area contributed by atoms with Gasteiger partial charge in [-0.2, -0.15) is 0 Å². The zero-order chi connectivity index (χ0) is 15.9. The van der Waals surface area contributed by atoms with Crippen molar-refractivity contribution in [3.63, 3.8) is 0 Å². The Bertz CT molecular complexity index is 967. The molecule has 1 aliphatic heterocycles. The van der Waals surface area contributed by atoms with Crippen molar-refractivity contribution in [1.29, 1.82) is 0 Å². The summed E-state index contributed by atoms with van der Waals surface area (Å²) in [6.45, 7) is 3.65. The van der Waals surface area contributed by atoms with Crippen LogP contribution in [0.15, 0.2) is 43.0 Å². The van der Waals surface area contributed by atoms with E-state index in [0.29, 0.717) is 0 Å². The van der Waals surface area contributed by atoms with E-state index in [9.17, 15) is 0 Å². The lowest BCUT2D eigenvalue weighted by atomic mass is 10.3. The van der Waals surface area contributed by atoms with Crippen LogP contribution >= 0.6 is 11.3 Å². The summed E-state index contributed by atoms with van der Waals surface area (Å²) in [7, 11) is 0. The van der Waals surface area contributed by atoms with Crippen LogP contribution in [0, 0.1) is 0 Å². The number of rotatable bonds is 2. The second-order valence-corrected chi connectivity index (χ2v) is 6.76. The highest BCUT2D eigenvalue weighted by Crippen LogP contribution is 2.29. The Morgan fingerprint density at radius 3 is 2.71 bits per heavy atom. The van der Waals surface area contributed by atoms with Crippen LogP contribution in [0.3, 0.4) is 0 Å². The highest BCUT2D eigenvalue weighted by molar-refractivity contribution is 7.22. The number of nitrogens with zero attached hydrogens (tertiary/aromatic N) is 7. The van der Waals surface area contributed by atoms with Crippen LogP contribution in [0.5, 0.6) is 0 Å². The number of hydrogen-bond acceptors (Lipinski definition) is 7. The number of aromatic nitrogens is 5. The first kappa shape index (κ1) is 13.7. The van der Waals surface area contributed by atoms with Gasteiger partial charge in [-0.25, -0.2) is 9.97 Å². The molecule has 0 saturated carbocycles. The van der Waals surface area contributed by atoms with Gasteiger partial charge in [-0.1, -0.05) is 23.5 Å². The van der Waals surface area contributed by atoms with Crippen LogP contribution in [0.2, 0.25) is 0 Å². The fourth-order valence-electron chi connectivity index (χ4n) is 3.07. The molecule has 5 rings (SSSR count). The van der Waals surface area contributed by atoms with Crippen molar-refractivity contribution >= 4 is 38.2 Å². The molecule has 0 aliphatic carbocycles. The lowest BCUT2D eigenvalue weighted by molar-refractivity contribution is 0.646. The summed E-state index contributed by atoms with van der Waals surface area (Å²) in [6, 6.07) is 8.30. The van der Waals surface area contributed by atoms with E-state index in [4.69, 9.17) is 4.98 Å². The predicted octanol–water partition coefficient (Wildman–Crippen LogP) is 2.06. The van der Waals surface area contributed by atoms with E-state index in [0.717, 1.165) is 48.3 Å². The molecule has 1 aromatic carbocycles. The van der Waals surface area contributed by atoms with Gasteiger partial charge in [-0.05, 0) is 12.1 Å². The quantitative estimate of drug-likeness (QED) is 0.558. The molecular weight excluding hydrogens is 322 g/mol. The van der Waals surface area contributed by atoms with E-state index >= 15 is 0 Å². The molecule has 4 heterocycles. The number of anilines is 2. The molecule has 0 N–H and O–H groups in total. The zero-order valence-corrected chi connectivity index (χ0v) is 13.7. The van der Waals surface area contributed by atoms with Crippen LogP contribution in [0.4, 0.5) is 10.9 Å². The fourth-order valence-corrected chi connectivity index (χ4v) is 4.09. The second kappa shape index (κ2) is 5.41. The van der Waals surface area contributed by atoms with Crippen molar-refractivity contribution in [1.82, 2.24) is 24.6 Å². The Hall–Kier alpha value is -2.74. The van der Waals surface area contributed by atoms with Crippen molar-refractivity contribution < 1.29 is 0 Å². The Morgan fingerprint density at radius 2 is 1.83 bits per heavy atom. The SMILES string of the molecule is c1ccc2sc(N3CCN(c4nccn5cnnc45)CC3)nc2c1. The van der Waals surface area contributed by atoms with E-state index < -0.39 is 0 Å². The Kier molecular flexibility index (Phi) is 3.08. The first-order valence-electron chi connectivity index (χ1n) is 7.88. The van der Waals surface area contributed by atoms with Gasteiger partial charge in [-0.15, -0.1) is 10.2 Å². The molecule has 7 nitrogen and oxygen atoms in total. The third-order valence-electron chi connectivity index (χ3n) is 4.33. The van der Waals surface area contributed by atoms with Gasteiger partial charge in [0.1, 0.15) is 6.33 Å². The molecule has 0 atom stereocenters. The van der Waals surface area contributed by atoms with Crippen LogP contribution in [0.1, 0.15) is 0 Å². The summed E-state index contributed by atoms with van der Waals surface area (Å²) < 4.78 is 3.15. The summed E-state index contributed by atoms with van der Waals surface area (Å²) in [4.78, 5) is 13.9. The van der Waals surface area contributed by atoms with Gasteiger partial charge in [0.2, 0.25) is 5.65 Å². The van der Waals surface area contributed by atoms with Crippen molar-refractivity contribution in [2.24, 2.45) is 0 Å². The monoisotopic (exact) mass is 337 g/mol. The number of piperazine rings is 1. The van der Waals surface area contributed by atoms with Gasteiger partial charge in [0.15, 0.2) is 10.9 Å². The smallest absolute Gasteiger partial charge is 0.203 e. The van der Waals surface area contributed by atoms with E-state index in [-0.39, 0.29) is 0 Å². The maximum Gasteiger partial charge on any atom is 0.203 e. The molecule has 1 aliphatic rings. The lowest BCUT2D eigenvalue weighted by Crippen LogP contribution is -2.47. The summed E-state index contributed by atoms with van der Waals surface area (Å²) >= 11 is 1.76. The zero-order valence-electron chi connectivity index (χ0n) is 12.9. The van der Waals surface area contributed by atoms with E-state index in [1.807, 2.05) is 16.7 Å². The maximum absolute atomic E-state index is 4.76. The van der Waals surface area contributed by atoms with Crippen LogP contribution in [0.25, 0.3) is 15.9 Å². The number of benzene rings is 1. The summed E-state index contributed by atoms with van der Waals surface area (Å²) in [6.07, 6.45) is 5.37. The molecule has 0 amide bonds. The lowest BCUT2D eigenvalue weighted by Gasteiger charge is -2.35. The van der Waals surface area contributed by atoms with Crippen molar-refractivity contribution in [2.45, 2.75) is 0 Å². The van der Waals surface area contributed by atoms with Crippen molar-refractivity contribution in [3.05, 3.63) is 43.0 Å². The Labute approximate surface area is 142 Å². The Balaban J connectivity index is 1.38. The number of para-hydroxylation sites is 1. The fraction of sp³-hybridized carbons (Fsp3) is 0.250. The van der Waals surface area contributed by atoms with Crippen LogP contribution in [-0.2, 0) is 0 Å². The minimum Gasteiger partial charge on any atom is -0.350 e. The first-order chi connectivity index (χ1) is 11.9. The molecule has 1 saturated heterocycles. The van der Waals surface area contributed by atoms with Crippen LogP contribution in [-0.4, -0.2) is 50.7 Å². The molecule has 0 unspecified atom stereocenters. The second-order valence-electron chi connectivity index (χ2n) is 5.75. The summed E-state index contributed by atoms with van der Waals surface area (Å²) in [5.41, 5.74) is 1.89. The average molecular weight is 337 g/mol. The number of hydrogen-bond donors (Lipinski definition) is 0. The third-order valence-corrected chi connectivity index (χ3v) is 5.43. The highest BCUT2D eigenvalue weighted by atomic mass is 32.1. The third kappa shape index (κ3) is 2.18. The van der Waals surface area contributed by atoms with Crippen molar-refractivity contribution in [2.75, 3.05) is 36.0 Å². The molecule has 4 aromatic rings. The topological polar surface area (TPSA) is 62.5 Å². The summed E-state index contributed by atoms with van der Waals surface area (Å²) in [5.74, 6) is 0.902. The predicted molar refractivity (Wildman–Crippen MR) is 94.8 cm³/mol. The van der Waals surface area contributed by atoms with Gasteiger partial charge in [0.05, 0.1) is 10.2 Å². The standard InChI is InChI=1S/C16H15N7S/c1-2-4-13-12(3-1)19-16(24-13)22-9-7-21(8-10-22)14-15-20-18-11-23(15)6-5-17-14/h1-6,11H,7-10H2. The summed E-state index contributed by atoms with van der Waals surface area (Å²) in [5, 5.41) is 9.26. The van der Waals surface area contributed by atoms with Crippen LogP contribution < -0.4 is 9.80 Å². The molecule has 0 bridgehead atoms. The molecule has 0 radical (unpaired) electrons. The minimum atomic E-state index is 0.811. The maximum atomic E-state index is 4.76. The van der Waals surface area contributed by atoms with E-state index in [1.54, 1.807) is 23.9 Å². The van der Waals surface area contributed by atoms with E-state index in [2.05, 4.69) is 43.2 Å². The van der Waals surface area contributed by atoms with Crippen molar-refractivity contribution in [3.8, 4) is 0 Å². The molecule has 0 spiro atoms. The Morgan fingerprint density at radius 1 is 1.00 bits per heavy atom. The molecule has 3 aromatic heterocycles. The number of fused-ring (bicyclic) bond motifs is 2.